The van der Waals surface area contributed by atoms with Gasteiger partial charge in [-0.05, 0) is 18.1 Å². The van der Waals surface area contributed by atoms with Gasteiger partial charge in [0.05, 0.1) is 17.9 Å². The summed E-state index contributed by atoms with van der Waals surface area (Å²) in [7, 11) is 0. The Hall–Kier alpha value is -2.28. The third kappa shape index (κ3) is 3.18. The fourth-order valence-electron chi connectivity index (χ4n) is 1.66. The van der Waals surface area contributed by atoms with Gasteiger partial charge in [-0.1, -0.05) is 20.3 Å². The lowest BCUT2D eigenvalue weighted by molar-refractivity contribution is -0.118. The molecule has 106 valence electrons. The molecule has 0 aliphatic rings. The van der Waals surface area contributed by atoms with Crippen molar-refractivity contribution < 1.29 is 4.79 Å². The summed E-state index contributed by atoms with van der Waals surface area (Å²) in [6.45, 7) is 3.96. The maximum atomic E-state index is 11.9. The molecule has 1 unspecified atom stereocenters. The lowest BCUT2D eigenvalue weighted by Crippen LogP contribution is -2.40. The Morgan fingerprint density at radius 3 is 2.85 bits per heavy atom. The van der Waals surface area contributed by atoms with Crippen molar-refractivity contribution in [1.29, 1.82) is 0 Å². The van der Waals surface area contributed by atoms with Crippen LogP contribution in [0.3, 0.4) is 0 Å². The van der Waals surface area contributed by atoms with E-state index < -0.39 is 6.04 Å². The Bertz CT molecular complexity index is 551. The van der Waals surface area contributed by atoms with Crippen LogP contribution in [0.5, 0.6) is 0 Å². The fraction of sp³-hybridized carbons (Fsp3) is 0.385. The first-order chi connectivity index (χ1) is 9.61. The quantitative estimate of drug-likeness (QED) is 0.846. The van der Waals surface area contributed by atoms with Crippen LogP contribution in [0.15, 0.2) is 31.0 Å². The largest absolute Gasteiger partial charge is 0.323 e. The van der Waals surface area contributed by atoms with E-state index in [4.69, 9.17) is 5.73 Å². The van der Waals surface area contributed by atoms with Crippen molar-refractivity contribution in [2.45, 2.75) is 26.3 Å². The first-order valence-corrected chi connectivity index (χ1v) is 6.49. The Kier molecular flexibility index (Phi) is 4.41. The summed E-state index contributed by atoms with van der Waals surface area (Å²) in [4.78, 5) is 20.0. The van der Waals surface area contributed by atoms with Gasteiger partial charge in [0.25, 0.3) is 0 Å². The molecule has 0 fully saturated rings. The molecule has 7 heteroatoms. The Labute approximate surface area is 117 Å². The molecule has 3 N–H and O–H groups in total. The van der Waals surface area contributed by atoms with Crippen molar-refractivity contribution in [1.82, 2.24) is 19.7 Å². The first kappa shape index (κ1) is 14.1. The molecule has 0 aliphatic heterocycles. The molecule has 2 aromatic heterocycles. The molecule has 0 saturated heterocycles. The minimum Gasteiger partial charge on any atom is -0.323 e. The highest BCUT2D eigenvalue weighted by molar-refractivity contribution is 5.94. The second-order valence-corrected chi connectivity index (χ2v) is 4.65. The number of amides is 1. The number of nitrogens with two attached hydrogens (primary N) is 1. The Morgan fingerprint density at radius 1 is 1.50 bits per heavy atom. The van der Waals surface area contributed by atoms with Crippen molar-refractivity contribution in [2.24, 2.45) is 11.7 Å². The molecule has 2 aromatic rings. The van der Waals surface area contributed by atoms with Gasteiger partial charge < -0.3 is 11.1 Å². The molecule has 2 heterocycles. The van der Waals surface area contributed by atoms with Crippen molar-refractivity contribution in [3.05, 3.63) is 31.0 Å². The van der Waals surface area contributed by atoms with E-state index in [0.29, 0.717) is 11.5 Å². The van der Waals surface area contributed by atoms with Gasteiger partial charge in [-0.2, -0.15) is 5.10 Å². The molecule has 0 spiro atoms. The number of rotatable bonds is 5. The number of anilines is 1. The number of carbonyl (C=O) groups is 1. The molecule has 2 atom stereocenters. The highest BCUT2D eigenvalue weighted by Gasteiger charge is 2.19. The first-order valence-electron chi connectivity index (χ1n) is 6.49. The number of carbonyl (C=O) groups excluding carboxylic acids is 1. The van der Waals surface area contributed by atoms with Crippen LogP contribution < -0.4 is 11.1 Å². The second kappa shape index (κ2) is 6.25. The summed E-state index contributed by atoms with van der Waals surface area (Å²) in [5.74, 6) is 0.568. The van der Waals surface area contributed by atoms with Crippen LogP contribution in [0.2, 0.25) is 0 Å². The van der Waals surface area contributed by atoms with Crippen LogP contribution in [-0.4, -0.2) is 31.7 Å². The molecular formula is C13H18N6O. The van der Waals surface area contributed by atoms with Crippen molar-refractivity contribution >= 4 is 11.6 Å². The highest BCUT2D eigenvalue weighted by atomic mass is 16.2. The molecule has 0 aliphatic carbocycles. The van der Waals surface area contributed by atoms with Crippen LogP contribution >= 0.6 is 0 Å². The second-order valence-electron chi connectivity index (χ2n) is 4.65. The molecule has 7 nitrogen and oxygen atoms in total. The molecule has 1 amide bonds. The summed E-state index contributed by atoms with van der Waals surface area (Å²) in [5.41, 5.74) is 6.48. The van der Waals surface area contributed by atoms with E-state index in [1.165, 1.54) is 11.0 Å². The van der Waals surface area contributed by atoms with Gasteiger partial charge in [-0.3, -0.25) is 4.79 Å². The fourth-order valence-corrected chi connectivity index (χ4v) is 1.66. The minimum atomic E-state index is -0.519. The van der Waals surface area contributed by atoms with Crippen LogP contribution in [-0.2, 0) is 4.79 Å². The van der Waals surface area contributed by atoms with E-state index in [9.17, 15) is 4.79 Å². The summed E-state index contributed by atoms with van der Waals surface area (Å²) >= 11 is 0. The van der Waals surface area contributed by atoms with Crippen LogP contribution in [0.1, 0.15) is 20.3 Å². The average Bonchev–Trinajstić information content (AvgIpc) is 3.00. The molecule has 0 aromatic carbocycles. The maximum Gasteiger partial charge on any atom is 0.241 e. The SMILES string of the molecule is CCC(C)[C@H](N)C(=O)Nc1ccc(-n2cncn2)nc1. The Balaban J connectivity index is 2.02. The van der Waals surface area contributed by atoms with Gasteiger partial charge in [-0.25, -0.2) is 14.6 Å². The van der Waals surface area contributed by atoms with Gasteiger partial charge in [0.1, 0.15) is 12.7 Å². The van der Waals surface area contributed by atoms with E-state index in [2.05, 4.69) is 20.4 Å². The van der Waals surface area contributed by atoms with E-state index in [0.717, 1.165) is 6.42 Å². The monoisotopic (exact) mass is 274 g/mol. The average molecular weight is 274 g/mol. The lowest BCUT2D eigenvalue weighted by atomic mass is 9.99. The molecular weight excluding hydrogens is 256 g/mol. The van der Waals surface area contributed by atoms with E-state index in [1.54, 1.807) is 24.7 Å². The number of pyridine rings is 1. The van der Waals surface area contributed by atoms with Crippen molar-refractivity contribution in [3.63, 3.8) is 0 Å². The minimum absolute atomic E-state index is 0.136. The zero-order valence-corrected chi connectivity index (χ0v) is 11.5. The predicted octanol–water partition coefficient (Wildman–Crippen LogP) is 0.974. The van der Waals surface area contributed by atoms with Crippen molar-refractivity contribution in [2.75, 3.05) is 5.32 Å². The molecule has 2 rings (SSSR count). The smallest absolute Gasteiger partial charge is 0.241 e. The summed E-state index contributed by atoms with van der Waals surface area (Å²) < 4.78 is 1.54. The van der Waals surface area contributed by atoms with Gasteiger partial charge in [0.15, 0.2) is 5.82 Å². The van der Waals surface area contributed by atoms with Crippen LogP contribution in [0, 0.1) is 5.92 Å². The third-order valence-electron chi connectivity index (χ3n) is 3.23. The number of hydrogen-bond donors (Lipinski definition) is 2. The summed E-state index contributed by atoms with van der Waals surface area (Å²) in [6.07, 6.45) is 5.41. The summed E-state index contributed by atoms with van der Waals surface area (Å²) in [5, 5.41) is 6.73. The maximum absolute atomic E-state index is 11.9. The van der Waals surface area contributed by atoms with Crippen LogP contribution in [0.4, 0.5) is 5.69 Å². The molecule has 20 heavy (non-hydrogen) atoms. The van der Waals surface area contributed by atoms with Gasteiger partial charge in [-0.15, -0.1) is 0 Å². The summed E-state index contributed by atoms with van der Waals surface area (Å²) in [6, 6.07) is 2.99. The number of nitrogens with zero attached hydrogens (tertiary/aromatic N) is 4. The highest BCUT2D eigenvalue weighted by Crippen LogP contribution is 2.11. The van der Waals surface area contributed by atoms with Gasteiger partial charge in [0.2, 0.25) is 5.91 Å². The Morgan fingerprint density at radius 2 is 2.30 bits per heavy atom. The molecule has 0 radical (unpaired) electrons. The topological polar surface area (TPSA) is 98.7 Å². The third-order valence-corrected chi connectivity index (χ3v) is 3.23. The number of aromatic nitrogens is 4. The zero-order chi connectivity index (χ0) is 14.5. The standard InChI is InChI=1S/C13H18N6O/c1-3-9(2)12(14)13(20)18-10-4-5-11(16-6-10)19-8-15-7-17-19/h4-9,12H,3,14H2,1-2H3,(H,18,20)/t9?,12-/m0/s1. The van der Waals surface area contributed by atoms with E-state index in [-0.39, 0.29) is 11.8 Å². The van der Waals surface area contributed by atoms with E-state index in [1.807, 2.05) is 13.8 Å². The van der Waals surface area contributed by atoms with Crippen LogP contribution in [0.25, 0.3) is 5.82 Å². The number of hydrogen-bond acceptors (Lipinski definition) is 5. The number of nitrogens with one attached hydrogen (secondary N) is 1. The lowest BCUT2D eigenvalue weighted by Gasteiger charge is -2.17. The molecule has 0 bridgehead atoms. The van der Waals surface area contributed by atoms with Gasteiger partial charge >= 0.3 is 0 Å². The van der Waals surface area contributed by atoms with Gasteiger partial charge in [0, 0.05) is 0 Å². The molecule has 0 saturated carbocycles. The predicted molar refractivity (Wildman–Crippen MR) is 75.2 cm³/mol. The zero-order valence-electron chi connectivity index (χ0n) is 11.5. The normalized spacial score (nSPS) is 13.8. The van der Waals surface area contributed by atoms with Crippen molar-refractivity contribution in [3.8, 4) is 5.82 Å². The van der Waals surface area contributed by atoms with E-state index >= 15 is 0 Å².